The van der Waals surface area contributed by atoms with E-state index in [1.54, 1.807) is 43.5 Å². The predicted molar refractivity (Wildman–Crippen MR) is 137 cm³/mol. The highest BCUT2D eigenvalue weighted by molar-refractivity contribution is 6.30. The van der Waals surface area contributed by atoms with Crippen molar-refractivity contribution < 1.29 is 14.8 Å². The van der Waals surface area contributed by atoms with E-state index in [4.69, 9.17) is 16.3 Å². The molecule has 0 radical (unpaired) electrons. The summed E-state index contributed by atoms with van der Waals surface area (Å²) in [6.45, 7) is 0. The van der Waals surface area contributed by atoms with E-state index >= 15 is 0 Å². The molecule has 4 rings (SSSR count). The van der Waals surface area contributed by atoms with Gasteiger partial charge in [0.1, 0.15) is 11.5 Å². The number of benzene rings is 3. The number of nitro benzene ring substituents is 1. The molecular formula is C23H19ClN8O4. The Morgan fingerprint density at radius 3 is 2.11 bits per heavy atom. The highest BCUT2D eigenvalue weighted by Gasteiger charge is 2.10. The molecule has 1 heterocycles. The van der Waals surface area contributed by atoms with Crippen molar-refractivity contribution in [1.29, 1.82) is 0 Å². The zero-order chi connectivity index (χ0) is 25.5. The summed E-state index contributed by atoms with van der Waals surface area (Å²) in [6, 6.07) is 17.5. The summed E-state index contributed by atoms with van der Waals surface area (Å²) in [5.74, 6) is 1.13. The van der Waals surface area contributed by atoms with Crippen LogP contribution < -0.4 is 20.8 Å². The molecule has 0 spiro atoms. The Labute approximate surface area is 209 Å². The summed E-state index contributed by atoms with van der Waals surface area (Å²) in [4.78, 5) is 23.4. The number of nitro groups is 1. The van der Waals surface area contributed by atoms with Gasteiger partial charge in [-0.05, 0) is 54.6 Å². The predicted octanol–water partition coefficient (Wildman–Crippen LogP) is 5.08. The van der Waals surface area contributed by atoms with Crippen molar-refractivity contribution in [1.82, 2.24) is 15.0 Å². The average Bonchev–Trinajstić information content (AvgIpc) is 2.87. The third-order valence-corrected chi connectivity index (χ3v) is 4.91. The Balaban J connectivity index is 1.59. The number of non-ortho nitro benzene ring substituents is 1. The lowest BCUT2D eigenvalue weighted by Crippen LogP contribution is -2.07. The molecule has 36 heavy (non-hydrogen) atoms. The molecular weight excluding hydrogens is 488 g/mol. The monoisotopic (exact) mass is 506 g/mol. The Kier molecular flexibility index (Phi) is 7.36. The van der Waals surface area contributed by atoms with Gasteiger partial charge in [-0.2, -0.15) is 20.1 Å². The highest BCUT2D eigenvalue weighted by Crippen LogP contribution is 2.23. The maximum atomic E-state index is 10.9. The van der Waals surface area contributed by atoms with E-state index < -0.39 is 4.92 Å². The van der Waals surface area contributed by atoms with Gasteiger partial charge < -0.3 is 20.5 Å². The van der Waals surface area contributed by atoms with Crippen LogP contribution in [0.25, 0.3) is 0 Å². The van der Waals surface area contributed by atoms with Crippen LogP contribution in [-0.4, -0.2) is 38.3 Å². The molecule has 4 aromatic rings. The number of nitrogens with one attached hydrogen (secondary N) is 3. The number of rotatable bonds is 9. The number of aromatic hydroxyl groups is 1. The Morgan fingerprint density at radius 2 is 1.53 bits per heavy atom. The van der Waals surface area contributed by atoms with Crippen molar-refractivity contribution in [3.05, 3.63) is 87.4 Å². The van der Waals surface area contributed by atoms with Crippen LogP contribution in [0.3, 0.4) is 0 Å². The molecule has 0 unspecified atom stereocenters. The molecule has 0 atom stereocenters. The standard InChI is InChI=1S/C23H19ClN8O4/c1-36-19-9-5-17(6-10-19)27-22-28-21(26-16-3-7-18(8-4-16)32(34)35)29-23(30-22)31-25-13-14-12-15(24)2-11-20(14)33/h2-13,33H,1H3,(H3,26,27,28,29,30,31)/b25-13-. The van der Waals surface area contributed by atoms with Crippen LogP contribution in [0.4, 0.5) is 34.9 Å². The summed E-state index contributed by atoms with van der Waals surface area (Å²) in [5, 5.41) is 31.4. The number of nitrogens with zero attached hydrogens (tertiary/aromatic N) is 5. The maximum Gasteiger partial charge on any atom is 0.269 e. The van der Waals surface area contributed by atoms with Gasteiger partial charge in [-0.15, -0.1) is 0 Å². The van der Waals surface area contributed by atoms with Crippen molar-refractivity contribution in [3.63, 3.8) is 0 Å². The van der Waals surface area contributed by atoms with Crippen LogP contribution in [0.1, 0.15) is 5.56 Å². The molecule has 12 nitrogen and oxygen atoms in total. The van der Waals surface area contributed by atoms with Crippen molar-refractivity contribution in [2.75, 3.05) is 23.2 Å². The minimum atomic E-state index is -0.485. The topological polar surface area (TPSA) is 160 Å². The fourth-order valence-electron chi connectivity index (χ4n) is 2.93. The number of anilines is 5. The average molecular weight is 507 g/mol. The van der Waals surface area contributed by atoms with Crippen LogP contribution in [0, 0.1) is 10.1 Å². The van der Waals surface area contributed by atoms with Crippen molar-refractivity contribution in [2.24, 2.45) is 5.10 Å². The molecule has 3 aromatic carbocycles. The zero-order valence-corrected chi connectivity index (χ0v) is 19.5. The third kappa shape index (κ3) is 6.33. The van der Waals surface area contributed by atoms with Crippen molar-refractivity contribution in [3.8, 4) is 11.5 Å². The van der Waals surface area contributed by atoms with E-state index in [1.165, 1.54) is 36.5 Å². The largest absolute Gasteiger partial charge is 0.507 e. The molecule has 182 valence electrons. The molecule has 1 aromatic heterocycles. The Hall–Kier alpha value is -4.97. The van der Waals surface area contributed by atoms with Gasteiger partial charge in [-0.1, -0.05) is 11.6 Å². The fraction of sp³-hybridized carbons (Fsp3) is 0.0435. The van der Waals surface area contributed by atoms with E-state index in [2.05, 4.69) is 36.1 Å². The van der Waals surface area contributed by atoms with E-state index in [0.29, 0.717) is 27.7 Å². The Bertz CT molecular complexity index is 1400. The van der Waals surface area contributed by atoms with Crippen LogP contribution in [-0.2, 0) is 0 Å². The number of phenolic OH excluding ortho intramolecular Hbond substituents is 1. The maximum absolute atomic E-state index is 10.9. The van der Waals surface area contributed by atoms with Gasteiger partial charge in [0.2, 0.25) is 17.8 Å². The second-order valence-electron chi connectivity index (χ2n) is 7.16. The van der Waals surface area contributed by atoms with Crippen LogP contribution >= 0.6 is 11.6 Å². The number of aromatic nitrogens is 3. The van der Waals surface area contributed by atoms with Gasteiger partial charge in [-0.25, -0.2) is 5.43 Å². The summed E-state index contributed by atoms with van der Waals surface area (Å²) < 4.78 is 5.17. The van der Waals surface area contributed by atoms with E-state index in [9.17, 15) is 15.2 Å². The lowest BCUT2D eigenvalue weighted by atomic mass is 10.2. The number of hydrazone groups is 1. The van der Waals surface area contributed by atoms with E-state index in [0.717, 1.165) is 0 Å². The van der Waals surface area contributed by atoms with Crippen LogP contribution in [0.15, 0.2) is 71.8 Å². The van der Waals surface area contributed by atoms with Crippen molar-refractivity contribution >= 4 is 52.7 Å². The van der Waals surface area contributed by atoms with E-state index in [1.807, 2.05) is 0 Å². The van der Waals surface area contributed by atoms with Crippen molar-refractivity contribution in [2.45, 2.75) is 0 Å². The van der Waals surface area contributed by atoms with Gasteiger partial charge in [-0.3, -0.25) is 10.1 Å². The lowest BCUT2D eigenvalue weighted by Gasteiger charge is -2.10. The molecule has 0 saturated carbocycles. The number of hydrogen-bond acceptors (Lipinski definition) is 11. The Morgan fingerprint density at radius 1 is 0.944 bits per heavy atom. The normalized spacial score (nSPS) is 10.7. The van der Waals surface area contributed by atoms with Gasteiger partial charge >= 0.3 is 0 Å². The second-order valence-corrected chi connectivity index (χ2v) is 7.60. The molecule has 0 aliphatic heterocycles. The fourth-order valence-corrected chi connectivity index (χ4v) is 3.11. The molecule has 0 bridgehead atoms. The summed E-state index contributed by atoms with van der Waals surface area (Å²) in [6.07, 6.45) is 1.37. The van der Waals surface area contributed by atoms with E-state index in [-0.39, 0.29) is 29.3 Å². The quantitative estimate of drug-likeness (QED) is 0.137. The first kappa shape index (κ1) is 24.2. The summed E-state index contributed by atoms with van der Waals surface area (Å²) in [5.41, 5.74) is 4.27. The SMILES string of the molecule is COc1ccc(Nc2nc(N/N=C\c3cc(Cl)ccc3O)nc(Nc3ccc([N+](=O)[O-])cc3)n2)cc1. The lowest BCUT2D eigenvalue weighted by molar-refractivity contribution is -0.384. The minimum Gasteiger partial charge on any atom is -0.507 e. The molecule has 0 aliphatic carbocycles. The summed E-state index contributed by atoms with van der Waals surface area (Å²) in [7, 11) is 1.58. The number of phenols is 1. The van der Waals surface area contributed by atoms with Gasteiger partial charge in [0.25, 0.3) is 5.69 Å². The zero-order valence-electron chi connectivity index (χ0n) is 18.7. The molecule has 0 amide bonds. The molecule has 13 heteroatoms. The van der Waals surface area contributed by atoms with Crippen LogP contribution in [0.5, 0.6) is 11.5 Å². The second kappa shape index (κ2) is 11.0. The molecule has 0 fully saturated rings. The highest BCUT2D eigenvalue weighted by atomic mass is 35.5. The molecule has 0 saturated heterocycles. The molecule has 0 aliphatic rings. The number of methoxy groups -OCH3 is 1. The van der Waals surface area contributed by atoms with Gasteiger partial charge in [0, 0.05) is 34.1 Å². The van der Waals surface area contributed by atoms with Crippen LogP contribution in [0.2, 0.25) is 5.02 Å². The minimum absolute atomic E-state index is 0.00276. The number of hydrogen-bond donors (Lipinski definition) is 4. The first-order valence-electron chi connectivity index (χ1n) is 10.4. The molecule has 4 N–H and O–H groups in total. The number of ether oxygens (including phenoxy) is 1. The summed E-state index contributed by atoms with van der Waals surface area (Å²) >= 11 is 5.97. The smallest absolute Gasteiger partial charge is 0.269 e. The van der Waals surface area contributed by atoms with Gasteiger partial charge in [0.05, 0.1) is 18.2 Å². The van der Waals surface area contributed by atoms with Gasteiger partial charge in [0.15, 0.2) is 0 Å². The third-order valence-electron chi connectivity index (χ3n) is 4.67. The first-order valence-corrected chi connectivity index (χ1v) is 10.7. The number of halogens is 1. The first-order chi connectivity index (χ1) is 17.4.